The molecular weight excluding hydrogens is 214 g/mol. The van der Waals surface area contributed by atoms with E-state index in [9.17, 15) is 0 Å². The second kappa shape index (κ2) is 7.31. The van der Waals surface area contributed by atoms with E-state index in [1.807, 2.05) is 0 Å². The van der Waals surface area contributed by atoms with Gasteiger partial charge in [-0.2, -0.15) is 0 Å². The number of morpholine rings is 1. The van der Waals surface area contributed by atoms with Gasteiger partial charge in [-0.3, -0.25) is 0 Å². The molecule has 0 aliphatic carbocycles. The second-order valence-corrected chi connectivity index (χ2v) is 5.37. The van der Waals surface area contributed by atoms with Gasteiger partial charge in [-0.1, -0.05) is 0 Å². The molecule has 4 nitrogen and oxygen atoms in total. The molecule has 1 unspecified atom stereocenters. The zero-order valence-corrected chi connectivity index (χ0v) is 11.2. The molecular formula is C13H27N3O. The highest BCUT2D eigenvalue weighted by Crippen LogP contribution is 2.06. The first-order valence-electron chi connectivity index (χ1n) is 7.06. The molecule has 4 heteroatoms. The largest absolute Gasteiger partial charge is 0.379 e. The lowest BCUT2D eigenvalue weighted by molar-refractivity contribution is 0.0707. The van der Waals surface area contributed by atoms with Crippen molar-refractivity contribution >= 4 is 0 Å². The van der Waals surface area contributed by atoms with Gasteiger partial charge in [0, 0.05) is 25.7 Å². The third-order valence-electron chi connectivity index (χ3n) is 3.85. The summed E-state index contributed by atoms with van der Waals surface area (Å²) in [7, 11) is 2.24. The Hall–Kier alpha value is -0.160. The summed E-state index contributed by atoms with van der Waals surface area (Å²) in [6.07, 6.45) is 4.00. The fourth-order valence-corrected chi connectivity index (χ4v) is 2.61. The average Bonchev–Trinajstić information content (AvgIpc) is 2.88. The van der Waals surface area contributed by atoms with E-state index in [-0.39, 0.29) is 0 Å². The van der Waals surface area contributed by atoms with Crippen LogP contribution in [0.3, 0.4) is 0 Å². The fourth-order valence-electron chi connectivity index (χ4n) is 2.61. The number of likely N-dealkylation sites (N-methyl/N-ethyl adjacent to an activating group) is 1. The smallest absolute Gasteiger partial charge is 0.0620 e. The number of nitrogens with zero attached hydrogens (tertiary/aromatic N) is 2. The minimum Gasteiger partial charge on any atom is -0.379 e. The molecule has 0 aromatic carbocycles. The SMILES string of the molecule is CN(CCC1COCCN1)CCN1CCCC1. The van der Waals surface area contributed by atoms with Crippen LogP contribution in [0.25, 0.3) is 0 Å². The van der Waals surface area contributed by atoms with Crippen LogP contribution in [0.15, 0.2) is 0 Å². The van der Waals surface area contributed by atoms with E-state index in [2.05, 4.69) is 22.2 Å². The zero-order valence-electron chi connectivity index (χ0n) is 11.2. The highest BCUT2D eigenvalue weighted by Gasteiger charge is 2.14. The molecule has 2 aliphatic heterocycles. The van der Waals surface area contributed by atoms with Crippen molar-refractivity contribution in [2.24, 2.45) is 0 Å². The molecule has 0 aromatic rings. The summed E-state index contributed by atoms with van der Waals surface area (Å²) in [6, 6.07) is 0.568. The van der Waals surface area contributed by atoms with Crippen molar-refractivity contribution < 1.29 is 4.74 Å². The van der Waals surface area contributed by atoms with Crippen LogP contribution in [0.4, 0.5) is 0 Å². The van der Waals surface area contributed by atoms with E-state index in [1.165, 1.54) is 52.0 Å². The normalized spacial score (nSPS) is 26.8. The van der Waals surface area contributed by atoms with Crippen molar-refractivity contribution in [3.63, 3.8) is 0 Å². The highest BCUT2D eigenvalue weighted by atomic mass is 16.5. The first-order valence-corrected chi connectivity index (χ1v) is 7.06. The Morgan fingerprint density at radius 3 is 2.82 bits per heavy atom. The third-order valence-corrected chi connectivity index (χ3v) is 3.85. The van der Waals surface area contributed by atoms with Gasteiger partial charge in [-0.05, 0) is 45.9 Å². The van der Waals surface area contributed by atoms with Crippen LogP contribution in [0, 0.1) is 0 Å². The number of hydrogen-bond acceptors (Lipinski definition) is 4. The van der Waals surface area contributed by atoms with Crippen molar-refractivity contribution in [2.75, 3.05) is 59.5 Å². The fraction of sp³-hybridized carbons (Fsp3) is 1.00. The molecule has 2 rings (SSSR count). The predicted molar refractivity (Wildman–Crippen MR) is 70.4 cm³/mol. The van der Waals surface area contributed by atoms with Gasteiger partial charge in [0.15, 0.2) is 0 Å². The van der Waals surface area contributed by atoms with Gasteiger partial charge in [0.25, 0.3) is 0 Å². The van der Waals surface area contributed by atoms with Crippen molar-refractivity contribution in [3.05, 3.63) is 0 Å². The van der Waals surface area contributed by atoms with Crippen LogP contribution >= 0.6 is 0 Å². The number of likely N-dealkylation sites (tertiary alicyclic amines) is 1. The standard InChI is InChI=1S/C13H27N3O/c1-15(9-10-16-6-2-3-7-16)8-4-13-12-17-11-5-14-13/h13-14H,2-12H2,1H3. The van der Waals surface area contributed by atoms with E-state index in [0.717, 1.165) is 19.8 Å². The van der Waals surface area contributed by atoms with Gasteiger partial charge in [0.2, 0.25) is 0 Å². The lowest BCUT2D eigenvalue weighted by atomic mass is 10.2. The Morgan fingerprint density at radius 1 is 1.29 bits per heavy atom. The summed E-state index contributed by atoms with van der Waals surface area (Å²) in [6.45, 7) is 9.02. The van der Waals surface area contributed by atoms with E-state index in [0.29, 0.717) is 6.04 Å². The van der Waals surface area contributed by atoms with Crippen molar-refractivity contribution in [3.8, 4) is 0 Å². The summed E-state index contributed by atoms with van der Waals surface area (Å²) < 4.78 is 5.47. The van der Waals surface area contributed by atoms with Crippen LogP contribution in [0.5, 0.6) is 0 Å². The first-order chi connectivity index (χ1) is 8.34. The maximum atomic E-state index is 5.47. The van der Waals surface area contributed by atoms with Gasteiger partial charge in [0.1, 0.15) is 0 Å². The van der Waals surface area contributed by atoms with Crippen LogP contribution < -0.4 is 5.32 Å². The summed E-state index contributed by atoms with van der Waals surface area (Å²) >= 11 is 0. The lowest BCUT2D eigenvalue weighted by Gasteiger charge is -2.27. The molecule has 2 aliphatic rings. The number of nitrogens with one attached hydrogen (secondary N) is 1. The molecule has 0 radical (unpaired) electrons. The zero-order chi connectivity index (χ0) is 11.9. The minimum absolute atomic E-state index is 0.568. The predicted octanol–water partition coefficient (Wildman–Crippen LogP) is 0.393. The molecule has 17 heavy (non-hydrogen) atoms. The molecule has 1 N–H and O–H groups in total. The monoisotopic (exact) mass is 241 g/mol. The average molecular weight is 241 g/mol. The summed E-state index contributed by atoms with van der Waals surface area (Å²) in [5.74, 6) is 0. The third kappa shape index (κ3) is 4.92. The van der Waals surface area contributed by atoms with Gasteiger partial charge in [-0.15, -0.1) is 0 Å². The molecule has 100 valence electrons. The number of rotatable bonds is 6. The lowest BCUT2D eigenvalue weighted by Crippen LogP contribution is -2.43. The number of hydrogen-bond donors (Lipinski definition) is 1. The van der Waals surface area contributed by atoms with E-state index >= 15 is 0 Å². The summed E-state index contributed by atoms with van der Waals surface area (Å²) in [5, 5.41) is 3.51. The quantitative estimate of drug-likeness (QED) is 0.728. The maximum absolute atomic E-state index is 5.47. The van der Waals surface area contributed by atoms with Crippen molar-refractivity contribution in [2.45, 2.75) is 25.3 Å². The second-order valence-electron chi connectivity index (χ2n) is 5.37. The Balaban J connectivity index is 1.52. The van der Waals surface area contributed by atoms with Crippen LogP contribution in [0.1, 0.15) is 19.3 Å². The first kappa shape index (κ1) is 13.3. The Bertz CT molecular complexity index is 201. The molecule has 1 atom stereocenters. The Morgan fingerprint density at radius 2 is 2.12 bits per heavy atom. The Labute approximate surface area is 105 Å². The molecule has 0 spiro atoms. The van der Waals surface area contributed by atoms with Gasteiger partial charge >= 0.3 is 0 Å². The summed E-state index contributed by atoms with van der Waals surface area (Å²) in [5.41, 5.74) is 0. The molecule has 0 saturated carbocycles. The maximum Gasteiger partial charge on any atom is 0.0620 e. The topological polar surface area (TPSA) is 27.7 Å². The van der Waals surface area contributed by atoms with Crippen molar-refractivity contribution in [1.82, 2.24) is 15.1 Å². The van der Waals surface area contributed by atoms with E-state index in [4.69, 9.17) is 4.74 Å². The van der Waals surface area contributed by atoms with Gasteiger partial charge < -0.3 is 19.9 Å². The molecule has 0 amide bonds. The molecule has 0 bridgehead atoms. The molecule has 0 aromatic heterocycles. The van der Waals surface area contributed by atoms with Gasteiger partial charge in [-0.25, -0.2) is 0 Å². The van der Waals surface area contributed by atoms with E-state index < -0.39 is 0 Å². The molecule has 2 saturated heterocycles. The highest BCUT2D eigenvalue weighted by molar-refractivity contribution is 4.72. The van der Waals surface area contributed by atoms with Crippen molar-refractivity contribution in [1.29, 1.82) is 0 Å². The number of ether oxygens (including phenoxy) is 1. The van der Waals surface area contributed by atoms with E-state index in [1.54, 1.807) is 0 Å². The summed E-state index contributed by atoms with van der Waals surface area (Å²) in [4.78, 5) is 5.03. The molecule has 2 fully saturated rings. The van der Waals surface area contributed by atoms with Crippen LogP contribution in [-0.2, 0) is 4.74 Å². The van der Waals surface area contributed by atoms with Crippen LogP contribution in [0.2, 0.25) is 0 Å². The molecule has 2 heterocycles. The Kier molecular flexibility index (Phi) is 5.71. The minimum atomic E-state index is 0.568. The van der Waals surface area contributed by atoms with Crippen LogP contribution in [-0.4, -0.2) is 75.4 Å². The van der Waals surface area contributed by atoms with Gasteiger partial charge in [0.05, 0.1) is 13.2 Å².